The van der Waals surface area contributed by atoms with Gasteiger partial charge in [-0.05, 0) is 0 Å². The molecule has 0 atom stereocenters. The molecule has 0 amide bonds. The largest absolute Gasteiger partial charge is 0.368 e. The van der Waals surface area contributed by atoms with Crippen molar-refractivity contribution in [3.05, 3.63) is 16.1 Å². The molecule has 0 spiro atoms. The minimum Gasteiger partial charge on any atom is -0.368 e. The van der Waals surface area contributed by atoms with E-state index in [4.69, 9.17) is 28.9 Å². The maximum atomic E-state index is 12.5. The highest BCUT2D eigenvalue weighted by atomic mass is 35.5. The zero-order valence-electron chi connectivity index (χ0n) is 4.61. The first-order valence-corrected chi connectivity index (χ1v) is 3.01. The van der Waals surface area contributed by atoms with Gasteiger partial charge in [0.05, 0.1) is 0 Å². The van der Waals surface area contributed by atoms with E-state index >= 15 is 0 Å². The summed E-state index contributed by atoms with van der Waals surface area (Å²) < 4.78 is 12.5. The van der Waals surface area contributed by atoms with E-state index < -0.39 is 5.82 Å². The Morgan fingerprint density at radius 2 is 1.60 bits per heavy atom. The molecule has 1 aromatic heterocycles. The van der Waals surface area contributed by atoms with Crippen molar-refractivity contribution in [2.24, 2.45) is 0 Å². The molecule has 6 heteroatoms. The van der Waals surface area contributed by atoms with E-state index in [1.54, 1.807) is 0 Å². The summed E-state index contributed by atoms with van der Waals surface area (Å²) in [5.74, 6) is -0.992. The first-order chi connectivity index (χ1) is 4.61. The van der Waals surface area contributed by atoms with Gasteiger partial charge in [-0.2, -0.15) is 9.97 Å². The quantitative estimate of drug-likeness (QED) is 0.618. The zero-order valence-corrected chi connectivity index (χ0v) is 6.12. The Balaban J connectivity index is 3.31. The van der Waals surface area contributed by atoms with Crippen LogP contribution in [0.4, 0.5) is 10.3 Å². The molecule has 0 saturated carbocycles. The average molecular weight is 182 g/mol. The standard InChI is InChI=1S/C4H2Cl2FN3/c5-2-1(7)3(6)10-4(8)9-2/h(H2,8,9,10). The Labute approximate surface area is 66.0 Å². The number of aromatic nitrogens is 2. The Morgan fingerprint density at radius 1 is 1.20 bits per heavy atom. The molecule has 0 aliphatic heterocycles. The van der Waals surface area contributed by atoms with Gasteiger partial charge >= 0.3 is 0 Å². The lowest BCUT2D eigenvalue weighted by molar-refractivity contribution is 0.615. The Morgan fingerprint density at radius 3 is 2.00 bits per heavy atom. The monoisotopic (exact) mass is 181 g/mol. The molecule has 1 heterocycles. The molecule has 1 rings (SSSR count). The summed E-state index contributed by atoms with van der Waals surface area (Å²) in [6.07, 6.45) is 0. The summed E-state index contributed by atoms with van der Waals surface area (Å²) in [7, 11) is 0. The second-order valence-corrected chi connectivity index (χ2v) is 2.19. The number of hydrogen-bond acceptors (Lipinski definition) is 3. The Hall–Kier alpha value is -0.610. The number of nitrogen functional groups attached to an aromatic ring is 1. The first-order valence-electron chi connectivity index (χ1n) is 2.25. The van der Waals surface area contributed by atoms with Gasteiger partial charge in [-0.1, -0.05) is 23.2 Å². The fourth-order valence-electron chi connectivity index (χ4n) is 0.409. The molecular weight excluding hydrogens is 180 g/mol. The molecule has 0 unspecified atom stereocenters. The van der Waals surface area contributed by atoms with E-state index in [1.165, 1.54) is 0 Å². The highest BCUT2D eigenvalue weighted by molar-refractivity contribution is 6.33. The maximum absolute atomic E-state index is 12.5. The number of nitrogens with zero attached hydrogens (tertiary/aromatic N) is 2. The normalized spacial score (nSPS) is 9.90. The van der Waals surface area contributed by atoms with E-state index in [0.29, 0.717) is 0 Å². The van der Waals surface area contributed by atoms with Crippen molar-refractivity contribution >= 4 is 29.2 Å². The molecule has 0 aliphatic carbocycles. The molecule has 3 nitrogen and oxygen atoms in total. The first kappa shape index (κ1) is 7.50. The molecule has 0 fully saturated rings. The van der Waals surface area contributed by atoms with Crippen molar-refractivity contribution in [3.63, 3.8) is 0 Å². The van der Waals surface area contributed by atoms with Gasteiger partial charge in [0, 0.05) is 0 Å². The second kappa shape index (κ2) is 2.56. The molecule has 0 bridgehead atoms. The van der Waals surface area contributed by atoms with Crippen LogP contribution in [-0.2, 0) is 0 Å². The minimum absolute atomic E-state index is 0.142. The number of rotatable bonds is 0. The summed E-state index contributed by atoms with van der Waals surface area (Å²) >= 11 is 10.5. The van der Waals surface area contributed by atoms with Crippen molar-refractivity contribution in [1.82, 2.24) is 9.97 Å². The topological polar surface area (TPSA) is 51.8 Å². The van der Waals surface area contributed by atoms with Gasteiger partial charge in [-0.3, -0.25) is 0 Å². The van der Waals surface area contributed by atoms with Crippen LogP contribution in [0.15, 0.2) is 0 Å². The summed E-state index contributed by atoms with van der Waals surface area (Å²) in [6.45, 7) is 0. The Kier molecular flexibility index (Phi) is 1.92. The summed E-state index contributed by atoms with van der Waals surface area (Å²) in [6, 6.07) is 0. The van der Waals surface area contributed by atoms with E-state index in [-0.39, 0.29) is 16.3 Å². The third-order valence-electron chi connectivity index (χ3n) is 0.788. The van der Waals surface area contributed by atoms with Crippen LogP contribution in [0.2, 0.25) is 10.3 Å². The van der Waals surface area contributed by atoms with Gasteiger partial charge in [0.2, 0.25) is 5.95 Å². The van der Waals surface area contributed by atoms with Gasteiger partial charge in [0.15, 0.2) is 16.1 Å². The van der Waals surface area contributed by atoms with Crippen LogP contribution >= 0.6 is 23.2 Å². The lowest BCUT2D eigenvalue weighted by Crippen LogP contribution is -1.97. The Bertz CT molecular complexity index is 242. The van der Waals surface area contributed by atoms with Crippen molar-refractivity contribution < 1.29 is 4.39 Å². The molecule has 0 aliphatic rings. The van der Waals surface area contributed by atoms with E-state index in [1.807, 2.05) is 0 Å². The van der Waals surface area contributed by atoms with Crippen LogP contribution in [0.5, 0.6) is 0 Å². The number of nitrogens with two attached hydrogens (primary N) is 1. The number of anilines is 1. The number of halogens is 3. The van der Waals surface area contributed by atoms with E-state index in [0.717, 1.165) is 0 Å². The number of hydrogen-bond donors (Lipinski definition) is 1. The third-order valence-corrected chi connectivity index (χ3v) is 1.29. The van der Waals surface area contributed by atoms with Gasteiger partial charge in [-0.15, -0.1) is 0 Å². The molecule has 0 aromatic carbocycles. The predicted octanol–water partition coefficient (Wildman–Crippen LogP) is 1.50. The SMILES string of the molecule is Nc1nc(Cl)c(F)c(Cl)n1. The van der Waals surface area contributed by atoms with Gasteiger partial charge in [0.1, 0.15) is 0 Å². The van der Waals surface area contributed by atoms with Gasteiger partial charge in [0.25, 0.3) is 0 Å². The van der Waals surface area contributed by atoms with Crippen molar-refractivity contribution in [2.75, 3.05) is 5.73 Å². The zero-order chi connectivity index (χ0) is 7.72. The minimum atomic E-state index is -0.850. The van der Waals surface area contributed by atoms with Gasteiger partial charge < -0.3 is 5.73 Å². The van der Waals surface area contributed by atoms with Crippen molar-refractivity contribution in [3.8, 4) is 0 Å². The fourth-order valence-corrected chi connectivity index (χ4v) is 0.810. The molecule has 1 aromatic rings. The highest BCUT2D eigenvalue weighted by Gasteiger charge is 2.08. The van der Waals surface area contributed by atoms with Crippen LogP contribution in [0.3, 0.4) is 0 Å². The summed E-state index contributed by atoms with van der Waals surface area (Å²) in [5.41, 5.74) is 5.07. The summed E-state index contributed by atoms with van der Waals surface area (Å²) in [5, 5.41) is -0.727. The third kappa shape index (κ3) is 1.27. The lowest BCUT2D eigenvalue weighted by Gasteiger charge is -1.95. The highest BCUT2D eigenvalue weighted by Crippen LogP contribution is 2.18. The molecule has 10 heavy (non-hydrogen) atoms. The van der Waals surface area contributed by atoms with Crippen LogP contribution in [0, 0.1) is 5.82 Å². The fraction of sp³-hybridized carbons (Fsp3) is 0. The predicted molar refractivity (Wildman–Crippen MR) is 36.4 cm³/mol. The lowest BCUT2D eigenvalue weighted by atomic mass is 10.6. The average Bonchev–Trinajstić information content (AvgIpc) is 1.82. The summed E-state index contributed by atoms with van der Waals surface area (Å²) in [4.78, 5) is 6.61. The maximum Gasteiger partial charge on any atom is 0.223 e. The molecule has 0 saturated heterocycles. The van der Waals surface area contributed by atoms with Crippen LogP contribution < -0.4 is 5.73 Å². The smallest absolute Gasteiger partial charge is 0.223 e. The van der Waals surface area contributed by atoms with Crippen LogP contribution in [-0.4, -0.2) is 9.97 Å². The van der Waals surface area contributed by atoms with Crippen LogP contribution in [0.25, 0.3) is 0 Å². The molecule has 54 valence electrons. The second-order valence-electron chi connectivity index (χ2n) is 1.48. The van der Waals surface area contributed by atoms with E-state index in [2.05, 4.69) is 9.97 Å². The van der Waals surface area contributed by atoms with Crippen molar-refractivity contribution in [2.45, 2.75) is 0 Å². The molecule has 0 radical (unpaired) electrons. The molecular formula is C4H2Cl2FN3. The van der Waals surface area contributed by atoms with Gasteiger partial charge in [-0.25, -0.2) is 4.39 Å². The van der Waals surface area contributed by atoms with E-state index in [9.17, 15) is 4.39 Å². The van der Waals surface area contributed by atoms with Crippen molar-refractivity contribution in [1.29, 1.82) is 0 Å². The van der Waals surface area contributed by atoms with Crippen LogP contribution in [0.1, 0.15) is 0 Å². The molecule has 2 N–H and O–H groups in total.